The Morgan fingerprint density at radius 1 is 0.547 bits per heavy atom. The van der Waals surface area contributed by atoms with Gasteiger partial charge < -0.3 is 124 Å². The molecule has 15 N–H and O–H groups in total. The number of carbonyl (C=O) groups excluding carboxylic acids is 1. The molecule has 0 aromatic carbocycles. The standard InChI is InChI=1S/C58H90O28/c1-22-32(62)37(67)44(85-46-41(71)38(68)42(23(2)81-46)83-47-40(70)36(66)35(65)28(82-47)21-79-48-43(34(64)27(60)20-78-48)84-45-39(69)33(63)26(59)19-77-45)49(80-22)86-52(76)57-16-14-53(3,4)18-25(57)24-8-9-29-55(6,54(24,5)15-17-57)12-10-30-56(7,50(72)73)31(61)11-13-58(29,30)51(74)75/h8,22-23,25-49,59-71H,9-21H2,1-7H3,(H,72,73)(H,74,75)/t22-,23+,25+,26+,27-,28-,29+,30+,31+,32+,33+,34+,35-,36+,37+,38+,39-,40-,41-,42+,43-,44-,45+,46+,47+,48+,49+,54-,55-,56+,57+,58+/m1/s1. The van der Waals surface area contributed by atoms with Gasteiger partial charge >= 0.3 is 17.9 Å². The lowest BCUT2D eigenvalue weighted by molar-refractivity contribution is -0.380. The summed E-state index contributed by atoms with van der Waals surface area (Å²) in [5.74, 6) is -4.74. The van der Waals surface area contributed by atoms with Gasteiger partial charge in [-0.2, -0.15) is 0 Å². The van der Waals surface area contributed by atoms with Gasteiger partial charge in [-0.25, -0.2) is 0 Å². The summed E-state index contributed by atoms with van der Waals surface area (Å²) in [6, 6.07) is 0. The highest BCUT2D eigenvalue weighted by Gasteiger charge is 2.74. The first-order valence-corrected chi connectivity index (χ1v) is 30.2. The van der Waals surface area contributed by atoms with Crippen LogP contribution in [0.25, 0.3) is 0 Å². The molecule has 0 bridgehead atoms. The fraction of sp³-hybridized carbons (Fsp3) is 0.914. The molecule has 10 rings (SSSR count). The zero-order chi connectivity index (χ0) is 62.9. The largest absolute Gasteiger partial charge is 0.481 e. The molecule has 0 amide bonds. The number of allylic oxidation sites excluding steroid dienone is 2. The van der Waals surface area contributed by atoms with Crippen LogP contribution in [0.5, 0.6) is 0 Å². The molecule has 5 saturated heterocycles. The molecular formula is C58H90O28. The molecule has 0 aromatic rings. The second-order valence-electron chi connectivity index (χ2n) is 27.8. The normalized spacial score (nSPS) is 53.8. The van der Waals surface area contributed by atoms with Gasteiger partial charge in [-0.05, 0) is 119 Å². The second-order valence-corrected chi connectivity index (χ2v) is 27.8. The van der Waals surface area contributed by atoms with Gasteiger partial charge in [0.2, 0.25) is 6.29 Å². The summed E-state index contributed by atoms with van der Waals surface area (Å²) >= 11 is 0. The lowest BCUT2D eigenvalue weighted by Crippen LogP contribution is -2.69. The van der Waals surface area contributed by atoms with Crippen molar-refractivity contribution in [3.63, 3.8) is 0 Å². The highest BCUT2D eigenvalue weighted by molar-refractivity contribution is 5.82. The van der Waals surface area contributed by atoms with E-state index in [0.29, 0.717) is 44.9 Å². The van der Waals surface area contributed by atoms with Crippen LogP contribution in [0.2, 0.25) is 0 Å². The SMILES string of the molecule is C[C@@H]1O[C@@H](O[C@H]2[C@H](OC(=O)[C@]34CCC(C)(C)C[C@H]3C3=CC[C@@H]5[C@@]6(C(=O)O)CC[C@H](O)[C@@](C)(C(=O)O)[C@@H]6CC[C@@]5(C)[C@]3(C)CC4)O[C@H](C)[C@H](O)[C@@H]2O)[C@H](O)[C@H](O)[C@H]1O[C@@H]1O[C@H](CO[C@@H]2OC[C@@H](O)[C@H](O)[C@H]2O[C@@H]2OC[C@H](O)[C@H](O)[C@H]2O)[C@@H](O)[C@H](O)[C@H]1O. The van der Waals surface area contributed by atoms with Crippen LogP contribution in [0.3, 0.4) is 0 Å². The number of rotatable bonds is 13. The number of hydrogen-bond donors (Lipinski definition) is 15. The minimum atomic E-state index is -2.04. The molecule has 28 heteroatoms. The average molecular weight is 1240 g/mol. The molecular weight excluding hydrogens is 1140 g/mol. The molecule has 0 radical (unpaired) electrons. The molecule has 490 valence electrons. The van der Waals surface area contributed by atoms with Crippen molar-refractivity contribution >= 4 is 17.9 Å². The highest BCUT2D eigenvalue weighted by Crippen LogP contribution is 2.76. The minimum Gasteiger partial charge on any atom is -0.481 e. The Kier molecular flexibility index (Phi) is 18.5. The van der Waals surface area contributed by atoms with E-state index < -0.39 is 230 Å². The summed E-state index contributed by atoms with van der Waals surface area (Å²) in [5, 5.41) is 164. The van der Waals surface area contributed by atoms with E-state index in [1.807, 2.05) is 0 Å². The van der Waals surface area contributed by atoms with Gasteiger partial charge in [0.1, 0.15) is 91.6 Å². The molecule has 9 fully saturated rings. The summed E-state index contributed by atoms with van der Waals surface area (Å²) in [4.78, 5) is 42.2. The molecule has 0 unspecified atom stereocenters. The van der Waals surface area contributed by atoms with E-state index in [4.69, 9.17) is 47.4 Å². The number of carboxylic acids is 2. The van der Waals surface area contributed by atoms with Gasteiger partial charge in [-0.3, -0.25) is 14.4 Å². The number of aliphatic hydroxyl groups is 13. The highest BCUT2D eigenvalue weighted by atomic mass is 16.8. The van der Waals surface area contributed by atoms with E-state index in [9.17, 15) is 86.2 Å². The number of esters is 1. The number of hydrogen-bond acceptors (Lipinski definition) is 26. The van der Waals surface area contributed by atoms with Gasteiger partial charge in [-0.1, -0.05) is 39.3 Å². The van der Waals surface area contributed by atoms with Crippen molar-refractivity contribution < 1.29 is 138 Å². The Morgan fingerprint density at radius 2 is 1.12 bits per heavy atom. The molecule has 4 saturated carbocycles. The van der Waals surface area contributed by atoms with E-state index in [1.54, 1.807) is 0 Å². The molecule has 0 aromatic heterocycles. The number of ether oxygens (including phenoxy) is 10. The van der Waals surface area contributed by atoms with Crippen LogP contribution < -0.4 is 0 Å². The van der Waals surface area contributed by atoms with E-state index in [0.717, 1.165) is 5.57 Å². The quantitative estimate of drug-likeness (QED) is 0.0657. The molecule has 5 aliphatic heterocycles. The Balaban J connectivity index is 0.832. The first-order valence-electron chi connectivity index (χ1n) is 30.2. The van der Waals surface area contributed by atoms with Gasteiger partial charge in [0, 0.05) is 0 Å². The van der Waals surface area contributed by atoms with Crippen molar-refractivity contribution in [1.82, 2.24) is 0 Å². The van der Waals surface area contributed by atoms with Crippen molar-refractivity contribution in [2.24, 2.45) is 50.2 Å². The van der Waals surface area contributed by atoms with Crippen molar-refractivity contribution in [2.75, 3.05) is 19.8 Å². The van der Waals surface area contributed by atoms with E-state index in [1.165, 1.54) is 20.8 Å². The Bertz CT molecular complexity index is 2500. The zero-order valence-electron chi connectivity index (χ0n) is 49.4. The van der Waals surface area contributed by atoms with E-state index >= 15 is 4.79 Å². The van der Waals surface area contributed by atoms with E-state index in [-0.39, 0.29) is 24.7 Å². The van der Waals surface area contributed by atoms with Crippen LogP contribution in [-0.2, 0) is 61.8 Å². The maximum atomic E-state index is 15.4. The number of aliphatic hydroxyl groups excluding tert-OH is 13. The van der Waals surface area contributed by atoms with Crippen molar-refractivity contribution in [3.05, 3.63) is 11.6 Å². The molecule has 28 nitrogen and oxygen atoms in total. The van der Waals surface area contributed by atoms with Crippen molar-refractivity contribution in [2.45, 2.75) is 260 Å². The third kappa shape index (κ3) is 10.7. The van der Waals surface area contributed by atoms with Gasteiger partial charge in [0.15, 0.2) is 31.3 Å². The molecule has 10 aliphatic rings. The monoisotopic (exact) mass is 1230 g/mol. The van der Waals surface area contributed by atoms with Crippen LogP contribution in [0, 0.1) is 50.2 Å². The lowest BCUT2D eigenvalue weighted by Gasteiger charge is -2.70. The fourth-order valence-corrected chi connectivity index (χ4v) is 17.0. The van der Waals surface area contributed by atoms with Gasteiger partial charge in [0.25, 0.3) is 0 Å². The number of carbonyl (C=O) groups is 3. The van der Waals surface area contributed by atoms with Crippen LogP contribution >= 0.6 is 0 Å². The lowest BCUT2D eigenvalue weighted by atomic mass is 9.33. The maximum Gasteiger partial charge on any atom is 0.315 e. The molecule has 86 heavy (non-hydrogen) atoms. The van der Waals surface area contributed by atoms with Crippen molar-refractivity contribution in [3.8, 4) is 0 Å². The average Bonchev–Trinajstić information content (AvgIpc) is 0.717. The Morgan fingerprint density at radius 3 is 1.79 bits per heavy atom. The van der Waals surface area contributed by atoms with Crippen LogP contribution in [0.1, 0.15) is 113 Å². The fourth-order valence-electron chi connectivity index (χ4n) is 17.0. The van der Waals surface area contributed by atoms with E-state index in [2.05, 4.69) is 33.8 Å². The van der Waals surface area contributed by atoms with Gasteiger partial charge in [0.05, 0.1) is 54.4 Å². The number of aliphatic carboxylic acids is 2. The summed E-state index contributed by atoms with van der Waals surface area (Å²) in [7, 11) is 0. The topological polar surface area (TPSA) is 447 Å². The van der Waals surface area contributed by atoms with Crippen LogP contribution in [0.4, 0.5) is 0 Å². The van der Waals surface area contributed by atoms with Gasteiger partial charge in [-0.15, -0.1) is 0 Å². The Labute approximate surface area is 496 Å². The summed E-state index contributed by atoms with van der Waals surface area (Å²) in [6.45, 7) is 11.2. The first kappa shape index (κ1) is 66.2. The predicted octanol–water partition coefficient (Wildman–Crippen LogP) is -2.75. The summed E-state index contributed by atoms with van der Waals surface area (Å²) in [6.07, 6.45) is -34.8. The third-order valence-corrected chi connectivity index (χ3v) is 22.7. The molecule has 32 atom stereocenters. The number of fused-ring (bicyclic) bond motifs is 7. The molecule has 5 aliphatic carbocycles. The zero-order valence-corrected chi connectivity index (χ0v) is 49.4. The summed E-state index contributed by atoms with van der Waals surface area (Å²) in [5.41, 5.74) is -4.91. The molecule has 5 heterocycles. The maximum absolute atomic E-state index is 15.4. The predicted molar refractivity (Wildman–Crippen MR) is 285 cm³/mol. The number of carboxylic acid groups (broad SMARTS) is 2. The minimum absolute atomic E-state index is 0.0159. The second kappa shape index (κ2) is 24.1. The van der Waals surface area contributed by atoms with Crippen molar-refractivity contribution in [1.29, 1.82) is 0 Å². The third-order valence-electron chi connectivity index (χ3n) is 22.7. The molecule has 0 spiro atoms. The smallest absolute Gasteiger partial charge is 0.315 e. The van der Waals surface area contributed by atoms with Crippen LogP contribution in [0.15, 0.2) is 11.6 Å². The first-order chi connectivity index (χ1) is 40.2. The van der Waals surface area contributed by atoms with Crippen LogP contribution in [-0.4, -0.2) is 262 Å². The Hall–Kier alpha value is -2.73. The summed E-state index contributed by atoms with van der Waals surface area (Å²) < 4.78 is 58.7.